The number of nitrogens with one attached hydrogen (secondary N) is 1. The van der Waals surface area contributed by atoms with Crippen LogP contribution in [0.5, 0.6) is 11.5 Å². The van der Waals surface area contributed by atoms with Gasteiger partial charge < -0.3 is 20.5 Å². The molecule has 1 aromatic carbocycles. The van der Waals surface area contributed by atoms with Crippen LogP contribution in [-0.4, -0.2) is 50.9 Å². The summed E-state index contributed by atoms with van der Waals surface area (Å²) in [6, 6.07) is 9.61. The second kappa shape index (κ2) is 9.80. The molecule has 1 amide bonds. The van der Waals surface area contributed by atoms with Gasteiger partial charge in [0, 0.05) is 30.7 Å². The molecule has 0 saturated carbocycles. The lowest BCUT2D eigenvalue weighted by Gasteiger charge is -2.19. The smallest absolute Gasteiger partial charge is 0.256 e. The second-order valence-electron chi connectivity index (χ2n) is 8.09. The van der Waals surface area contributed by atoms with Gasteiger partial charge in [-0.25, -0.2) is 14.6 Å². The molecule has 178 valence electrons. The van der Waals surface area contributed by atoms with Crippen LogP contribution in [0, 0.1) is 0 Å². The molecule has 5 rings (SSSR count). The number of amides is 1. The van der Waals surface area contributed by atoms with Gasteiger partial charge in [0.25, 0.3) is 11.9 Å². The Morgan fingerprint density at radius 1 is 1.17 bits per heavy atom. The monoisotopic (exact) mass is 471 g/mol. The summed E-state index contributed by atoms with van der Waals surface area (Å²) in [5.74, 6) is 1.66. The summed E-state index contributed by atoms with van der Waals surface area (Å²) in [4.78, 5) is 25.9. The third-order valence-electron chi connectivity index (χ3n) is 5.79. The van der Waals surface area contributed by atoms with Crippen LogP contribution in [0.15, 0.2) is 55.1 Å². The molecule has 0 fully saturated rings. The Hall–Kier alpha value is -4.47. The molecule has 35 heavy (non-hydrogen) atoms. The first-order chi connectivity index (χ1) is 17.1. The van der Waals surface area contributed by atoms with Crippen molar-refractivity contribution in [2.24, 2.45) is 0 Å². The van der Waals surface area contributed by atoms with Crippen LogP contribution in [0.4, 0.5) is 5.82 Å². The molecule has 10 heteroatoms. The second-order valence-corrected chi connectivity index (χ2v) is 8.09. The number of hydrogen-bond donors (Lipinski definition) is 2. The van der Waals surface area contributed by atoms with Crippen molar-refractivity contribution in [2.75, 3.05) is 26.0 Å². The Morgan fingerprint density at radius 3 is 2.89 bits per heavy atom. The molecular formula is C25H25N7O3. The van der Waals surface area contributed by atoms with Crippen LogP contribution in [-0.2, 0) is 12.8 Å². The number of fused-ring (bicyclic) bond motifs is 3. The number of pyridine rings is 1. The molecule has 0 aliphatic heterocycles. The van der Waals surface area contributed by atoms with Gasteiger partial charge >= 0.3 is 0 Å². The molecule has 0 bridgehead atoms. The largest absolute Gasteiger partial charge is 0.497 e. The molecule has 0 saturated heterocycles. The predicted molar refractivity (Wildman–Crippen MR) is 130 cm³/mol. The fourth-order valence-electron chi connectivity index (χ4n) is 3.98. The van der Waals surface area contributed by atoms with Gasteiger partial charge in [-0.15, -0.1) is 5.10 Å². The highest BCUT2D eigenvalue weighted by Crippen LogP contribution is 2.34. The Bertz CT molecular complexity index is 1350. The van der Waals surface area contributed by atoms with Crippen molar-refractivity contribution in [3.63, 3.8) is 0 Å². The maximum absolute atomic E-state index is 12.7. The number of carbonyl (C=O) groups excluding carboxylic acids is 1. The van der Waals surface area contributed by atoms with Crippen molar-refractivity contribution >= 4 is 11.7 Å². The highest BCUT2D eigenvalue weighted by Gasteiger charge is 2.21. The van der Waals surface area contributed by atoms with E-state index in [0.29, 0.717) is 31.3 Å². The molecule has 3 aromatic heterocycles. The van der Waals surface area contributed by atoms with E-state index in [1.54, 1.807) is 31.8 Å². The number of anilines is 1. The molecule has 0 atom stereocenters. The van der Waals surface area contributed by atoms with Crippen molar-refractivity contribution in [3.05, 3.63) is 71.8 Å². The molecule has 0 unspecified atom stereocenters. The summed E-state index contributed by atoms with van der Waals surface area (Å²) < 4.78 is 12.4. The Balaban J connectivity index is 1.26. The van der Waals surface area contributed by atoms with Crippen molar-refractivity contribution in [2.45, 2.75) is 19.3 Å². The lowest BCUT2D eigenvalue weighted by Crippen LogP contribution is -2.26. The fraction of sp³-hybridized carbons (Fsp3) is 0.240. The third kappa shape index (κ3) is 4.77. The first-order valence-corrected chi connectivity index (χ1v) is 11.3. The number of aryl methyl sites for hydroxylation is 2. The van der Waals surface area contributed by atoms with E-state index in [1.165, 1.54) is 10.2 Å². The number of aromatic nitrogens is 5. The molecule has 10 nitrogen and oxygen atoms in total. The SMILES string of the molecule is COc1ccc2c(c1)CCc1cnc(-n3cc(C(=O)NCCCOc4cccnc4)c(N)n3)nc1-2. The number of methoxy groups -OCH3 is 1. The number of nitrogen functional groups attached to an aromatic ring is 1. The standard InChI is InChI=1S/C25H25N7O3/c1-34-18-7-8-20-16(12-18)5-6-17-13-29-25(30-22(17)20)32-15-21(23(26)31-32)24(33)28-10-3-11-35-19-4-2-9-27-14-19/h2,4,7-9,12-15H,3,5-6,10-11H2,1H3,(H2,26,31)(H,28,33). The lowest BCUT2D eigenvalue weighted by atomic mass is 9.90. The summed E-state index contributed by atoms with van der Waals surface area (Å²) in [6.07, 6.45) is 9.06. The number of rotatable bonds is 8. The molecule has 0 spiro atoms. The minimum absolute atomic E-state index is 0.112. The summed E-state index contributed by atoms with van der Waals surface area (Å²) in [7, 11) is 1.66. The van der Waals surface area contributed by atoms with Gasteiger partial charge in [-0.05, 0) is 60.7 Å². The Morgan fingerprint density at radius 2 is 2.06 bits per heavy atom. The average Bonchev–Trinajstić information content (AvgIpc) is 3.29. The average molecular weight is 472 g/mol. The number of benzene rings is 1. The molecule has 3 heterocycles. The maximum Gasteiger partial charge on any atom is 0.256 e. The van der Waals surface area contributed by atoms with Gasteiger partial charge in [-0.1, -0.05) is 0 Å². The summed E-state index contributed by atoms with van der Waals surface area (Å²) in [5.41, 5.74) is 10.4. The topological polar surface area (TPSA) is 130 Å². The van der Waals surface area contributed by atoms with Gasteiger partial charge in [0.15, 0.2) is 5.82 Å². The van der Waals surface area contributed by atoms with Crippen LogP contribution in [0.3, 0.4) is 0 Å². The first kappa shape index (κ1) is 22.3. The van der Waals surface area contributed by atoms with E-state index in [2.05, 4.69) is 20.4 Å². The fourth-order valence-corrected chi connectivity index (χ4v) is 3.98. The lowest BCUT2D eigenvalue weighted by molar-refractivity contribution is 0.0952. The molecule has 1 aliphatic rings. The first-order valence-electron chi connectivity index (χ1n) is 11.3. The van der Waals surface area contributed by atoms with Gasteiger partial charge in [0.1, 0.15) is 17.1 Å². The van der Waals surface area contributed by atoms with Crippen molar-refractivity contribution in [1.29, 1.82) is 0 Å². The van der Waals surface area contributed by atoms with E-state index in [4.69, 9.17) is 20.2 Å². The Labute approximate surface area is 202 Å². The van der Waals surface area contributed by atoms with Gasteiger partial charge in [0.05, 0.1) is 25.6 Å². The zero-order valence-electron chi connectivity index (χ0n) is 19.3. The van der Waals surface area contributed by atoms with E-state index in [-0.39, 0.29) is 17.3 Å². The number of hydrogen-bond acceptors (Lipinski definition) is 8. The zero-order chi connectivity index (χ0) is 24.2. The maximum atomic E-state index is 12.7. The molecule has 0 radical (unpaired) electrons. The summed E-state index contributed by atoms with van der Waals surface area (Å²) >= 11 is 0. The number of carbonyl (C=O) groups is 1. The van der Waals surface area contributed by atoms with Gasteiger partial charge in [0.2, 0.25) is 0 Å². The number of nitrogens with two attached hydrogens (primary N) is 1. The van der Waals surface area contributed by atoms with E-state index < -0.39 is 0 Å². The number of nitrogens with zero attached hydrogens (tertiary/aromatic N) is 5. The van der Waals surface area contributed by atoms with Crippen LogP contribution in [0.1, 0.15) is 27.9 Å². The molecular weight excluding hydrogens is 446 g/mol. The number of ether oxygens (including phenoxy) is 2. The minimum Gasteiger partial charge on any atom is -0.497 e. The summed E-state index contributed by atoms with van der Waals surface area (Å²) in [5, 5.41) is 7.12. The quantitative estimate of drug-likeness (QED) is 0.375. The Kier molecular flexibility index (Phi) is 6.25. The highest BCUT2D eigenvalue weighted by molar-refractivity contribution is 5.98. The zero-order valence-corrected chi connectivity index (χ0v) is 19.3. The van der Waals surface area contributed by atoms with E-state index in [0.717, 1.165) is 35.4 Å². The van der Waals surface area contributed by atoms with Crippen molar-refractivity contribution in [3.8, 4) is 28.7 Å². The van der Waals surface area contributed by atoms with E-state index >= 15 is 0 Å². The minimum atomic E-state index is -0.314. The van der Waals surface area contributed by atoms with Crippen LogP contribution in [0.25, 0.3) is 17.2 Å². The normalized spacial score (nSPS) is 11.9. The molecule has 3 N–H and O–H groups in total. The third-order valence-corrected chi connectivity index (χ3v) is 5.79. The molecule has 4 aromatic rings. The van der Waals surface area contributed by atoms with E-state index in [9.17, 15) is 4.79 Å². The van der Waals surface area contributed by atoms with E-state index in [1.807, 2.05) is 30.5 Å². The van der Waals surface area contributed by atoms with Crippen molar-refractivity contribution < 1.29 is 14.3 Å². The van der Waals surface area contributed by atoms with Gasteiger partial charge in [-0.2, -0.15) is 0 Å². The highest BCUT2D eigenvalue weighted by atomic mass is 16.5. The van der Waals surface area contributed by atoms with Crippen LogP contribution >= 0.6 is 0 Å². The van der Waals surface area contributed by atoms with Crippen LogP contribution in [0.2, 0.25) is 0 Å². The predicted octanol–water partition coefficient (Wildman–Crippen LogP) is 2.61. The molecule has 1 aliphatic carbocycles. The van der Waals surface area contributed by atoms with Crippen LogP contribution < -0.4 is 20.5 Å². The van der Waals surface area contributed by atoms with Gasteiger partial charge in [-0.3, -0.25) is 9.78 Å². The summed E-state index contributed by atoms with van der Waals surface area (Å²) in [6.45, 7) is 0.885. The van der Waals surface area contributed by atoms with Crippen molar-refractivity contribution in [1.82, 2.24) is 30.0 Å².